The van der Waals surface area contributed by atoms with Crippen LogP contribution in [0.2, 0.25) is 10.0 Å². The largest absolute Gasteiger partial charge is 0.354 e. The Balaban J connectivity index is 1.61. The molecule has 0 unspecified atom stereocenters. The predicted molar refractivity (Wildman–Crippen MR) is 146 cm³/mol. The van der Waals surface area contributed by atoms with Crippen LogP contribution >= 0.6 is 57.6 Å². The Hall–Kier alpha value is -1.46. The number of carbonyl (C=O) groups is 1. The minimum absolute atomic E-state index is 0.131. The minimum atomic E-state index is -3.90. The van der Waals surface area contributed by atoms with Crippen molar-refractivity contribution in [3.05, 3.63) is 92.0 Å². The van der Waals surface area contributed by atoms with E-state index in [1.807, 2.05) is 6.07 Å². The Morgan fingerprint density at radius 3 is 2.36 bits per heavy atom. The number of amides is 1. The molecule has 0 aliphatic carbocycles. The van der Waals surface area contributed by atoms with Gasteiger partial charge in [-0.15, -0.1) is 0 Å². The topological polar surface area (TPSA) is 66.5 Å². The van der Waals surface area contributed by atoms with Crippen molar-refractivity contribution < 1.29 is 13.2 Å². The molecule has 3 aromatic rings. The lowest BCUT2D eigenvalue weighted by atomic mass is 10.2. The summed E-state index contributed by atoms with van der Waals surface area (Å²) in [5, 5.41) is 4.00. The highest BCUT2D eigenvalue weighted by molar-refractivity contribution is 14.1. The van der Waals surface area contributed by atoms with Gasteiger partial charge in [0.15, 0.2) is 0 Å². The number of nitrogens with one attached hydrogen (secondary N) is 1. The molecular formula is C23H21Cl2IN2O3S2. The van der Waals surface area contributed by atoms with Gasteiger partial charge in [-0.2, -0.15) is 11.8 Å². The van der Waals surface area contributed by atoms with Gasteiger partial charge in [-0.05, 0) is 76.7 Å². The van der Waals surface area contributed by atoms with Gasteiger partial charge < -0.3 is 5.32 Å². The molecule has 0 radical (unpaired) electrons. The molecule has 0 fully saturated rings. The molecule has 5 nitrogen and oxygen atoms in total. The van der Waals surface area contributed by atoms with Crippen LogP contribution in [0.3, 0.4) is 0 Å². The number of rotatable bonds is 10. The second-order valence-corrected chi connectivity index (χ2v) is 12.0. The highest BCUT2D eigenvalue weighted by Gasteiger charge is 2.26. The number of anilines is 1. The van der Waals surface area contributed by atoms with Crippen LogP contribution in [0.5, 0.6) is 0 Å². The van der Waals surface area contributed by atoms with Crippen LogP contribution < -0.4 is 9.62 Å². The number of hydrogen-bond donors (Lipinski definition) is 1. The fourth-order valence-electron chi connectivity index (χ4n) is 2.91. The average Bonchev–Trinajstić information content (AvgIpc) is 2.80. The fourth-order valence-corrected chi connectivity index (χ4v) is 6.13. The van der Waals surface area contributed by atoms with Gasteiger partial charge in [0.05, 0.1) is 10.6 Å². The van der Waals surface area contributed by atoms with Gasteiger partial charge in [0.1, 0.15) is 6.54 Å². The SMILES string of the molecule is O=C(CN(c1ccc(I)cc1)S(=O)(=O)c1ccccc1)NCCSCc1ccc(Cl)cc1Cl. The summed E-state index contributed by atoms with van der Waals surface area (Å²) in [6.07, 6.45) is 0. The van der Waals surface area contributed by atoms with Crippen molar-refractivity contribution in [3.63, 3.8) is 0 Å². The molecule has 3 rings (SSSR count). The van der Waals surface area contributed by atoms with Gasteiger partial charge in [-0.3, -0.25) is 9.10 Å². The van der Waals surface area contributed by atoms with Crippen molar-refractivity contribution in [2.24, 2.45) is 0 Å². The third-order valence-corrected chi connectivity index (χ3v) is 8.68. The summed E-state index contributed by atoms with van der Waals surface area (Å²) < 4.78 is 28.6. The normalized spacial score (nSPS) is 11.2. The van der Waals surface area contributed by atoms with Gasteiger partial charge in [-0.25, -0.2) is 8.42 Å². The van der Waals surface area contributed by atoms with Gasteiger partial charge in [0, 0.05) is 31.7 Å². The monoisotopic (exact) mass is 634 g/mol. The standard InChI is InChI=1S/C23H21Cl2IN2O3S2/c24-18-7-6-17(22(25)14-18)16-32-13-12-27-23(29)15-28(20-10-8-19(26)9-11-20)33(30,31)21-4-2-1-3-5-21/h1-11,14H,12-13,15-16H2,(H,27,29). The minimum Gasteiger partial charge on any atom is -0.354 e. The molecular weight excluding hydrogens is 614 g/mol. The first-order valence-corrected chi connectivity index (χ1v) is 14.3. The lowest BCUT2D eigenvalue weighted by Crippen LogP contribution is -2.41. The van der Waals surface area contributed by atoms with E-state index in [0.29, 0.717) is 33.8 Å². The Labute approximate surface area is 222 Å². The van der Waals surface area contributed by atoms with Crippen molar-refractivity contribution in [1.29, 1.82) is 0 Å². The van der Waals surface area contributed by atoms with E-state index in [1.54, 1.807) is 66.4 Å². The number of carbonyl (C=O) groups excluding carboxylic acids is 1. The molecule has 0 aliphatic heterocycles. The zero-order chi connectivity index (χ0) is 23.8. The Morgan fingerprint density at radius 2 is 1.70 bits per heavy atom. The molecule has 1 N–H and O–H groups in total. The second kappa shape index (κ2) is 12.3. The first-order valence-electron chi connectivity index (χ1n) is 9.89. The summed E-state index contributed by atoms with van der Waals surface area (Å²) in [7, 11) is -3.90. The Morgan fingerprint density at radius 1 is 1.00 bits per heavy atom. The van der Waals surface area contributed by atoms with Crippen LogP contribution in [0.4, 0.5) is 5.69 Å². The van der Waals surface area contributed by atoms with Gasteiger partial charge in [0.25, 0.3) is 10.0 Å². The maximum Gasteiger partial charge on any atom is 0.264 e. The number of sulfonamides is 1. The maximum atomic E-state index is 13.3. The second-order valence-electron chi connectivity index (χ2n) is 6.94. The lowest BCUT2D eigenvalue weighted by Gasteiger charge is -2.24. The first kappa shape index (κ1) is 26.2. The number of thioether (sulfide) groups is 1. The molecule has 1 amide bonds. The maximum absolute atomic E-state index is 13.3. The molecule has 0 bridgehead atoms. The molecule has 0 spiro atoms. The fraction of sp³-hybridized carbons (Fsp3) is 0.174. The van der Waals surface area contributed by atoms with Crippen LogP contribution in [-0.2, 0) is 20.6 Å². The van der Waals surface area contributed by atoms with E-state index in [1.165, 1.54) is 12.1 Å². The molecule has 0 saturated heterocycles. The van der Waals surface area contributed by atoms with E-state index in [4.69, 9.17) is 23.2 Å². The molecule has 0 aliphatic rings. The number of nitrogens with zero attached hydrogens (tertiary/aromatic N) is 1. The molecule has 0 atom stereocenters. The van der Waals surface area contributed by atoms with E-state index < -0.39 is 10.0 Å². The van der Waals surface area contributed by atoms with Crippen LogP contribution in [0.25, 0.3) is 0 Å². The summed E-state index contributed by atoms with van der Waals surface area (Å²) in [6, 6.07) is 20.5. The third kappa shape index (κ3) is 7.51. The van der Waals surface area contributed by atoms with Crippen molar-refractivity contribution in [1.82, 2.24) is 5.32 Å². The lowest BCUT2D eigenvalue weighted by molar-refractivity contribution is -0.119. The van der Waals surface area contributed by atoms with E-state index in [0.717, 1.165) is 13.4 Å². The summed E-state index contributed by atoms with van der Waals surface area (Å²) in [4.78, 5) is 12.8. The molecule has 0 aromatic heterocycles. The molecule has 0 heterocycles. The quantitative estimate of drug-likeness (QED) is 0.225. The highest BCUT2D eigenvalue weighted by atomic mass is 127. The van der Waals surface area contributed by atoms with Gasteiger partial charge in [-0.1, -0.05) is 47.5 Å². The summed E-state index contributed by atoms with van der Waals surface area (Å²) in [5.41, 5.74) is 1.40. The number of benzene rings is 3. The van der Waals surface area contributed by atoms with Gasteiger partial charge in [0.2, 0.25) is 5.91 Å². The molecule has 10 heteroatoms. The van der Waals surface area contributed by atoms with Crippen LogP contribution in [0.1, 0.15) is 5.56 Å². The zero-order valence-electron chi connectivity index (χ0n) is 17.4. The summed E-state index contributed by atoms with van der Waals surface area (Å²) in [6.45, 7) is 0.0894. The summed E-state index contributed by atoms with van der Waals surface area (Å²) in [5.74, 6) is 0.959. The first-order chi connectivity index (χ1) is 15.8. The van der Waals surface area contributed by atoms with E-state index in [9.17, 15) is 13.2 Å². The van der Waals surface area contributed by atoms with Crippen LogP contribution in [0.15, 0.2) is 77.7 Å². The number of hydrogen-bond acceptors (Lipinski definition) is 4. The van der Waals surface area contributed by atoms with E-state index in [-0.39, 0.29) is 17.3 Å². The highest BCUT2D eigenvalue weighted by Crippen LogP contribution is 2.25. The molecule has 3 aromatic carbocycles. The van der Waals surface area contributed by atoms with E-state index >= 15 is 0 Å². The average molecular weight is 635 g/mol. The molecule has 33 heavy (non-hydrogen) atoms. The molecule has 0 saturated carbocycles. The van der Waals surface area contributed by atoms with Gasteiger partial charge >= 0.3 is 0 Å². The smallest absolute Gasteiger partial charge is 0.264 e. The van der Waals surface area contributed by atoms with Crippen LogP contribution in [0, 0.1) is 3.57 Å². The number of halogens is 3. The Kier molecular flexibility index (Phi) is 9.75. The Bertz CT molecular complexity index is 1190. The van der Waals surface area contributed by atoms with Crippen molar-refractivity contribution in [2.45, 2.75) is 10.6 Å². The van der Waals surface area contributed by atoms with Crippen molar-refractivity contribution in [3.8, 4) is 0 Å². The predicted octanol–water partition coefficient (Wildman–Crippen LogP) is 5.84. The summed E-state index contributed by atoms with van der Waals surface area (Å²) >= 11 is 15.9. The van der Waals surface area contributed by atoms with Crippen LogP contribution in [-0.4, -0.2) is 33.2 Å². The van der Waals surface area contributed by atoms with Crippen molar-refractivity contribution >= 4 is 79.2 Å². The molecule has 174 valence electrons. The third-order valence-electron chi connectivity index (χ3n) is 4.57. The van der Waals surface area contributed by atoms with E-state index in [2.05, 4.69) is 27.9 Å². The van der Waals surface area contributed by atoms with Crippen molar-refractivity contribution in [2.75, 3.05) is 23.1 Å². The zero-order valence-corrected chi connectivity index (χ0v) is 22.7.